The highest BCUT2D eigenvalue weighted by molar-refractivity contribution is 5.93. The Morgan fingerprint density at radius 3 is 2.67 bits per heavy atom. The van der Waals surface area contributed by atoms with E-state index in [0.29, 0.717) is 18.7 Å². The molecule has 0 radical (unpaired) electrons. The van der Waals surface area contributed by atoms with Gasteiger partial charge in [0, 0.05) is 36.5 Å². The minimum atomic E-state index is -0.876. The number of hydrogen-bond acceptors (Lipinski definition) is 4. The zero-order valence-corrected chi connectivity index (χ0v) is 16.9. The van der Waals surface area contributed by atoms with Crippen molar-refractivity contribution in [1.82, 2.24) is 20.1 Å². The number of aromatic nitrogens is 3. The van der Waals surface area contributed by atoms with Crippen LogP contribution >= 0.6 is 0 Å². The lowest BCUT2D eigenvalue weighted by molar-refractivity contribution is -0.110. The molecule has 2 aliphatic rings. The number of aliphatic hydroxyl groups is 1. The molecule has 0 spiro atoms. The van der Waals surface area contributed by atoms with E-state index in [1.54, 1.807) is 12.4 Å². The van der Waals surface area contributed by atoms with Crippen LogP contribution in [0.4, 0.5) is 0 Å². The highest BCUT2D eigenvalue weighted by atomic mass is 16.3. The maximum absolute atomic E-state index is 13.4. The molecule has 2 N–H and O–H groups in total. The Morgan fingerprint density at radius 2 is 1.87 bits per heavy atom. The molecule has 6 heteroatoms. The van der Waals surface area contributed by atoms with Gasteiger partial charge >= 0.3 is 0 Å². The molecule has 3 aromatic rings. The van der Waals surface area contributed by atoms with E-state index in [1.807, 2.05) is 53.4 Å². The number of pyridine rings is 1. The first-order valence-electron chi connectivity index (χ1n) is 10.7. The van der Waals surface area contributed by atoms with Crippen LogP contribution in [0.1, 0.15) is 48.2 Å². The van der Waals surface area contributed by atoms with Crippen LogP contribution in [0.15, 0.2) is 60.9 Å². The summed E-state index contributed by atoms with van der Waals surface area (Å²) < 4.78 is 0. The third-order valence-electron chi connectivity index (χ3n) is 6.80. The van der Waals surface area contributed by atoms with Crippen LogP contribution in [0.5, 0.6) is 0 Å². The zero-order chi connectivity index (χ0) is 20.6. The lowest BCUT2D eigenvalue weighted by atomic mass is 9.66. The normalized spacial score (nSPS) is 26.2. The number of piperidine rings is 1. The van der Waals surface area contributed by atoms with Crippen molar-refractivity contribution in [2.24, 2.45) is 5.92 Å². The molecule has 3 atom stereocenters. The van der Waals surface area contributed by atoms with E-state index in [0.717, 1.165) is 42.5 Å². The van der Waals surface area contributed by atoms with Crippen LogP contribution in [-0.4, -0.2) is 43.7 Å². The molecule has 0 bridgehead atoms. The van der Waals surface area contributed by atoms with E-state index in [2.05, 4.69) is 15.2 Å². The summed E-state index contributed by atoms with van der Waals surface area (Å²) in [6.07, 6.45) is 8.02. The van der Waals surface area contributed by atoms with E-state index in [-0.39, 0.29) is 17.9 Å². The van der Waals surface area contributed by atoms with Gasteiger partial charge in [0.2, 0.25) is 0 Å². The smallest absolute Gasteiger partial charge is 0.272 e. The lowest BCUT2D eigenvalue weighted by Crippen LogP contribution is -2.59. The summed E-state index contributed by atoms with van der Waals surface area (Å²) in [4.78, 5) is 19.4. The molecule has 30 heavy (non-hydrogen) atoms. The van der Waals surface area contributed by atoms with Crippen molar-refractivity contribution in [3.8, 4) is 11.3 Å². The van der Waals surface area contributed by atoms with Gasteiger partial charge in [-0.3, -0.25) is 14.9 Å². The molecular weight excluding hydrogens is 376 g/mol. The second kappa shape index (κ2) is 7.69. The molecule has 2 aromatic heterocycles. The van der Waals surface area contributed by atoms with Crippen LogP contribution in [0.3, 0.4) is 0 Å². The molecule has 1 saturated heterocycles. The monoisotopic (exact) mass is 402 g/mol. The number of rotatable bonds is 3. The minimum Gasteiger partial charge on any atom is -0.385 e. The Bertz CT molecular complexity index is 1020. The minimum absolute atomic E-state index is 0.0326. The first-order chi connectivity index (χ1) is 14.7. The predicted octanol–water partition coefficient (Wildman–Crippen LogP) is 3.76. The summed E-state index contributed by atoms with van der Waals surface area (Å²) in [7, 11) is 0. The van der Waals surface area contributed by atoms with E-state index in [1.165, 1.54) is 0 Å². The number of amides is 1. The quantitative estimate of drug-likeness (QED) is 0.699. The number of likely N-dealkylation sites (tertiary alicyclic amines) is 1. The molecule has 5 rings (SSSR count). The van der Waals surface area contributed by atoms with Gasteiger partial charge < -0.3 is 10.0 Å². The second-order valence-corrected chi connectivity index (χ2v) is 8.40. The molecule has 6 nitrogen and oxygen atoms in total. The molecule has 3 unspecified atom stereocenters. The maximum Gasteiger partial charge on any atom is 0.272 e. The fraction of sp³-hybridized carbons (Fsp3) is 0.375. The van der Waals surface area contributed by atoms with E-state index in [4.69, 9.17) is 0 Å². The third-order valence-corrected chi connectivity index (χ3v) is 6.80. The molecule has 1 amide bonds. The van der Waals surface area contributed by atoms with E-state index < -0.39 is 5.60 Å². The first-order valence-corrected chi connectivity index (χ1v) is 10.7. The number of aromatic amines is 1. The van der Waals surface area contributed by atoms with Crippen molar-refractivity contribution in [2.75, 3.05) is 6.54 Å². The first kappa shape index (κ1) is 19.0. The molecular formula is C24H26N4O2. The van der Waals surface area contributed by atoms with Gasteiger partial charge in [-0.05, 0) is 43.0 Å². The van der Waals surface area contributed by atoms with Crippen LogP contribution in [0, 0.1) is 5.92 Å². The van der Waals surface area contributed by atoms with Crippen LogP contribution in [0.25, 0.3) is 11.3 Å². The van der Waals surface area contributed by atoms with Crippen molar-refractivity contribution >= 4 is 5.91 Å². The fourth-order valence-corrected chi connectivity index (χ4v) is 5.28. The van der Waals surface area contributed by atoms with Gasteiger partial charge in [-0.2, -0.15) is 5.10 Å². The number of carbonyl (C=O) groups is 1. The summed E-state index contributed by atoms with van der Waals surface area (Å²) >= 11 is 0. The molecule has 3 heterocycles. The summed E-state index contributed by atoms with van der Waals surface area (Å²) in [5, 5.41) is 19.0. The Balaban J connectivity index is 1.42. The number of fused-ring (bicyclic) bond motifs is 1. The molecule has 1 aliphatic heterocycles. The van der Waals surface area contributed by atoms with Crippen molar-refractivity contribution in [3.63, 3.8) is 0 Å². The van der Waals surface area contributed by atoms with Gasteiger partial charge in [0.05, 0.1) is 11.3 Å². The molecule has 1 aromatic carbocycles. The summed E-state index contributed by atoms with van der Waals surface area (Å²) in [6.45, 7) is 0.537. The van der Waals surface area contributed by atoms with Crippen molar-refractivity contribution in [3.05, 3.63) is 72.2 Å². The van der Waals surface area contributed by atoms with Gasteiger partial charge in [0.15, 0.2) is 0 Å². The van der Waals surface area contributed by atoms with Crippen LogP contribution in [0.2, 0.25) is 0 Å². The number of benzene rings is 1. The van der Waals surface area contributed by atoms with Gasteiger partial charge in [0.1, 0.15) is 5.69 Å². The second-order valence-electron chi connectivity index (χ2n) is 8.40. The summed E-state index contributed by atoms with van der Waals surface area (Å²) in [6, 6.07) is 15.6. The highest BCUT2D eigenvalue weighted by Gasteiger charge is 2.50. The fourth-order valence-electron chi connectivity index (χ4n) is 5.28. The van der Waals surface area contributed by atoms with Gasteiger partial charge in [-0.1, -0.05) is 43.2 Å². The maximum atomic E-state index is 13.4. The van der Waals surface area contributed by atoms with Gasteiger partial charge in [0.25, 0.3) is 5.91 Å². The summed E-state index contributed by atoms with van der Waals surface area (Å²) in [5.74, 6) is 0.0174. The van der Waals surface area contributed by atoms with Crippen LogP contribution < -0.4 is 0 Å². The number of nitrogens with one attached hydrogen (secondary N) is 1. The third kappa shape index (κ3) is 3.21. The van der Waals surface area contributed by atoms with Crippen molar-refractivity contribution < 1.29 is 9.90 Å². The SMILES string of the molecule is O=C(c1cc(-c2ccncc2)n[nH]1)N1CCC(O)(c2ccccc2)C2CCCCC21. The van der Waals surface area contributed by atoms with Crippen molar-refractivity contribution in [2.45, 2.75) is 43.7 Å². The number of nitrogens with zero attached hydrogens (tertiary/aromatic N) is 3. The Labute approximate surface area is 176 Å². The average molecular weight is 402 g/mol. The highest BCUT2D eigenvalue weighted by Crippen LogP contribution is 2.47. The molecule has 1 saturated carbocycles. The molecule has 2 fully saturated rings. The van der Waals surface area contributed by atoms with E-state index >= 15 is 0 Å². The van der Waals surface area contributed by atoms with E-state index in [9.17, 15) is 9.90 Å². The predicted molar refractivity (Wildman–Crippen MR) is 114 cm³/mol. The molecule has 1 aliphatic carbocycles. The lowest BCUT2D eigenvalue weighted by Gasteiger charge is -2.52. The standard InChI is InChI=1S/C24H26N4O2/c29-23(21-16-20(26-27-21)17-10-13-25-14-11-17)28-15-12-24(30,18-6-2-1-3-7-18)19-8-4-5-9-22(19)28/h1-3,6-7,10-11,13-14,16,19,22,30H,4-5,8-9,12,15H2,(H,26,27). The Morgan fingerprint density at radius 1 is 1.10 bits per heavy atom. The Kier molecular flexibility index (Phi) is 4.87. The number of H-pyrrole nitrogens is 1. The van der Waals surface area contributed by atoms with Crippen molar-refractivity contribution in [1.29, 1.82) is 0 Å². The average Bonchev–Trinajstić information content (AvgIpc) is 3.31. The number of carbonyl (C=O) groups excluding carboxylic acids is 1. The summed E-state index contributed by atoms with van der Waals surface area (Å²) in [5.41, 5.74) is 2.25. The van der Waals surface area contributed by atoms with Gasteiger partial charge in [-0.15, -0.1) is 0 Å². The van der Waals surface area contributed by atoms with Gasteiger partial charge in [-0.25, -0.2) is 0 Å². The number of hydrogen-bond donors (Lipinski definition) is 2. The zero-order valence-electron chi connectivity index (χ0n) is 16.9. The molecule has 154 valence electrons. The largest absolute Gasteiger partial charge is 0.385 e. The topological polar surface area (TPSA) is 82.1 Å². The van der Waals surface area contributed by atoms with Crippen LogP contribution in [-0.2, 0) is 5.60 Å². The Hall–Kier alpha value is -2.99.